The van der Waals surface area contributed by atoms with Gasteiger partial charge in [-0.3, -0.25) is 4.98 Å². The summed E-state index contributed by atoms with van der Waals surface area (Å²) < 4.78 is 2.48. The minimum Gasteiger partial charge on any atom is -0.311 e. The highest BCUT2D eigenvalue weighted by molar-refractivity contribution is 6.11. The molecule has 0 atom stereocenters. The second kappa shape index (κ2) is 15.5. The van der Waals surface area contributed by atoms with Gasteiger partial charge in [0.05, 0.1) is 16.4 Å². The van der Waals surface area contributed by atoms with Crippen molar-refractivity contribution in [2.24, 2.45) is 0 Å². The van der Waals surface area contributed by atoms with E-state index in [4.69, 9.17) is 0 Å². The molecule has 0 saturated carbocycles. The maximum Gasteiger partial charge on any atom is 0.0726 e. The number of para-hydroxylation sites is 2. The SMILES string of the molecule is c1ccc(N(c2ccc(-c3cccnc3)cc2)c2ccc(-c3cccc(-c4ccc5c(c4)c4ccccc4n5-c4ccc5c(c4)C4(c6ccccc6-c6ccccc64)c4ccccc4-5)c3)cc2)cc1. The zero-order valence-electron chi connectivity index (χ0n) is 37.7. The van der Waals surface area contributed by atoms with Gasteiger partial charge in [-0.2, -0.15) is 0 Å². The number of pyridine rings is 1. The van der Waals surface area contributed by atoms with Crippen molar-refractivity contribution in [3.8, 4) is 61.3 Å². The third-order valence-electron chi connectivity index (χ3n) is 14.7. The maximum absolute atomic E-state index is 4.33. The van der Waals surface area contributed by atoms with Crippen molar-refractivity contribution >= 4 is 38.9 Å². The first kappa shape index (κ1) is 39.1. The van der Waals surface area contributed by atoms with Gasteiger partial charge in [0.25, 0.3) is 0 Å². The van der Waals surface area contributed by atoms with Crippen molar-refractivity contribution in [2.75, 3.05) is 4.90 Å². The van der Waals surface area contributed by atoms with Crippen molar-refractivity contribution in [3.05, 3.63) is 283 Å². The molecule has 3 nitrogen and oxygen atoms in total. The lowest BCUT2D eigenvalue weighted by atomic mass is 9.70. The van der Waals surface area contributed by atoms with Crippen molar-refractivity contribution in [1.82, 2.24) is 9.55 Å². The van der Waals surface area contributed by atoms with Gasteiger partial charge < -0.3 is 9.47 Å². The molecular weight excluding hydrogens is 835 g/mol. The molecule has 1 spiro atoms. The smallest absolute Gasteiger partial charge is 0.0726 e. The number of anilines is 3. The Bertz CT molecular complexity index is 3880. The molecule has 0 amide bonds. The van der Waals surface area contributed by atoms with Gasteiger partial charge in [0.2, 0.25) is 0 Å². The fourth-order valence-corrected chi connectivity index (χ4v) is 11.7. The molecule has 0 aliphatic heterocycles. The number of benzene rings is 10. The van der Waals surface area contributed by atoms with E-state index in [1.54, 1.807) is 0 Å². The lowest BCUT2D eigenvalue weighted by molar-refractivity contribution is 0.792. The number of aromatic nitrogens is 2. The molecule has 3 heteroatoms. The molecule has 322 valence electrons. The molecule has 0 bridgehead atoms. The first-order valence-electron chi connectivity index (χ1n) is 23.8. The van der Waals surface area contributed by atoms with Gasteiger partial charge in [-0.1, -0.05) is 170 Å². The molecule has 14 rings (SSSR count). The molecule has 12 aromatic rings. The standard InChI is InChI=1S/C66H43N3/c1-2-17-50(18-3-1)68(52-34-29-45(30-35-52)49-16-13-39-67-43-49)51-32-27-44(28-33-51)46-14-12-15-47(40-46)48-31-38-65-59(41-48)58-22-7-11-26-64(58)69(65)53-36-37-57-56-21-6-10-25-62(56)66(63(57)42-53)60-23-8-4-19-54(60)55-20-5-9-24-61(55)66/h1-43H. The van der Waals surface area contributed by atoms with Crippen LogP contribution >= 0.6 is 0 Å². The Morgan fingerprint density at radius 2 is 0.826 bits per heavy atom. The van der Waals surface area contributed by atoms with Gasteiger partial charge >= 0.3 is 0 Å². The summed E-state index contributed by atoms with van der Waals surface area (Å²) in [6.07, 6.45) is 3.72. The fraction of sp³-hybridized carbons (Fsp3) is 0.0152. The molecular formula is C66H43N3. The lowest BCUT2D eigenvalue weighted by Gasteiger charge is -2.30. The number of fused-ring (bicyclic) bond motifs is 13. The molecule has 0 fully saturated rings. The Hall–Kier alpha value is -9.05. The third kappa shape index (κ3) is 5.97. The molecule has 10 aromatic carbocycles. The Labute approximate surface area is 401 Å². The van der Waals surface area contributed by atoms with Crippen LogP contribution in [-0.4, -0.2) is 9.55 Å². The van der Waals surface area contributed by atoms with E-state index in [1.807, 2.05) is 18.5 Å². The van der Waals surface area contributed by atoms with Crippen LogP contribution in [0, 0.1) is 0 Å². The molecule has 2 aliphatic rings. The number of nitrogens with zero attached hydrogens (tertiary/aromatic N) is 3. The molecule has 0 saturated heterocycles. The van der Waals surface area contributed by atoms with Gasteiger partial charge in [-0.15, -0.1) is 0 Å². The van der Waals surface area contributed by atoms with E-state index in [9.17, 15) is 0 Å². The van der Waals surface area contributed by atoms with Crippen molar-refractivity contribution < 1.29 is 0 Å². The number of rotatable bonds is 7. The molecule has 2 aromatic heterocycles. The van der Waals surface area contributed by atoms with Gasteiger partial charge in [0, 0.05) is 45.9 Å². The van der Waals surface area contributed by atoms with E-state index in [0.29, 0.717) is 0 Å². The van der Waals surface area contributed by atoms with Crippen LogP contribution in [0.2, 0.25) is 0 Å². The van der Waals surface area contributed by atoms with Crippen LogP contribution in [0.3, 0.4) is 0 Å². The van der Waals surface area contributed by atoms with Crippen molar-refractivity contribution in [1.29, 1.82) is 0 Å². The predicted octanol–water partition coefficient (Wildman–Crippen LogP) is 17.0. The summed E-state index contributed by atoms with van der Waals surface area (Å²) >= 11 is 0. The average Bonchev–Trinajstić information content (AvgIpc) is 4.03. The fourth-order valence-electron chi connectivity index (χ4n) is 11.7. The van der Waals surface area contributed by atoms with E-state index < -0.39 is 5.41 Å². The molecule has 0 N–H and O–H groups in total. The molecule has 2 aliphatic carbocycles. The number of hydrogen-bond acceptors (Lipinski definition) is 2. The van der Waals surface area contributed by atoms with Crippen LogP contribution in [0.1, 0.15) is 22.3 Å². The largest absolute Gasteiger partial charge is 0.311 e. The topological polar surface area (TPSA) is 21.1 Å². The van der Waals surface area contributed by atoms with Crippen LogP contribution in [0.5, 0.6) is 0 Å². The summed E-state index contributed by atoms with van der Waals surface area (Å²) in [5, 5.41) is 2.48. The minimum absolute atomic E-state index is 0.402. The quantitative estimate of drug-likeness (QED) is 0.159. The third-order valence-corrected chi connectivity index (χ3v) is 14.7. The van der Waals surface area contributed by atoms with Gasteiger partial charge in [-0.05, 0) is 157 Å². The molecule has 69 heavy (non-hydrogen) atoms. The highest BCUT2D eigenvalue weighted by Crippen LogP contribution is 2.63. The summed E-state index contributed by atoms with van der Waals surface area (Å²) in [6, 6.07) is 91.5. The predicted molar refractivity (Wildman–Crippen MR) is 286 cm³/mol. The Kier molecular flexibility index (Phi) is 8.80. The second-order valence-electron chi connectivity index (χ2n) is 18.3. The van der Waals surface area contributed by atoms with E-state index in [1.165, 1.54) is 94.3 Å². The lowest BCUT2D eigenvalue weighted by Crippen LogP contribution is -2.26. The van der Waals surface area contributed by atoms with Crippen LogP contribution in [0.25, 0.3) is 83.1 Å². The zero-order chi connectivity index (χ0) is 45.5. The monoisotopic (exact) mass is 877 g/mol. The molecule has 0 radical (unpaired) electrons. The highest BCUT2D eigenvalue weighted by atomic mass is 15.1. The maximum atomic E-state index is 4.33. The number of hydrogen-bond donors (Lipinski definition) is 0. The summed E-state index contributed by atoms with van der Waals surface area (Å²) in [5.74, 6) is 0. The van der Waals surface area contributed by atoms with E-state index >= 15 is 0 Å². The molecule has 0 unspecified atom stereocenters. The summed E-state index contributed by atoms with van der Waals surface area (Å²) in [6.45, 7) is 0. The summed E-state index contributed by atoms with van der Waals surface area (Å²) in [5.41, 5.74) is 24.1. The first-order chi connectivity index (χ1) is 34.2. The zero-order valence-corrected chi connectivity index (χ0v) is 37.7. The first-order valence-corrected chi connectivity index (χ1v) is 23.8. The Balaban J connectivity index is 0.836. The minimum atomic E-state index is -0.402. The van der Waals surface area contributed by atoms with Crippen molar-refractivity contribution in [3.63, 3.8) is 0 Å². The Morgan fingerprint density at radius 1 is 0.319 bits per heavy atom. The van der Waals surface area contributed by atoms with Gasteiger partial charge in [-0.25, -0.2) is 0 Å². The summed E-state index contributed by atoms with van der Waals surface area (Å²) in [7, 11) is 0. The summed E-state index contributed by atoms with van der Waals surface area (Å²) in [4.78, 5) is 6.64. The van der Waals surface area contributed by atoms with Crippen LogP contribution in [0.4, 0.5) is 17.1 Å². The van der Waals surface area contributed by atoms with E-state index in [-0.39, 0.29) is 0 Å². The second-order valence-corrected chi connectivity index (χ2v) is 18.3. The van der Waals surface area contributed by atoms with Gasteiger partial charge in [0.15, 0.2) is 0 Å². The van der Waals surface area contributed by atoms with Gasteiger partial charge in [0.1, 0.15) is 0 Å². The van der Waals surface area contributed by atoms with Crippen LogP contribution in [-0.2, 0) is 5.41 Å². The van der Waals surface area contributed by atoms with Crippen LogP contribution in [0.15, 0.2) is 261 Å². The van der Waals surface area contributed by atoms with E-state index in [0.717, 1.165) is 28.2 Å². The van der Waals surface area contributed by atoms with Crippen LogP contribution < -0.4 is 4.90 Å². The van der Waals surface area contributed by atoms with Crippen molar-refractivity contribution in [2.45, 2.75) is 5.41 Å². The highest BCUT2D eigenvalue weighted by Gasteiger charge is 2.51. The normalized spacial score (nSPS) is 12.8. The Morgan fingerprint density at radius 3 is 1.48 bits per heavy atom. The molecule has 2 heterocycles. The average molecular weight is 878 g/mol. The van der Waals surface area contributed by atoms with E-state index in [2.05, 4.69) is 257 Å².